The second-order valence-electron chi connectivity index (χ2n) is 8.15. The van der Waals surface area contributed by atoms with E-state index in [1.54, 1.807) is 17.0 Å². The quantitative estimate of drug-likeness (QED) is 0.380. The predicted octanol–water partition coefficient (Wildman–Crippen LogP) is 4.27. The Balaban J connectivity index is 1.46. The van der Waals surface area contributed by atoms with Gasteiger partial charge in [0.2, 0.25) is 5.82 Å². The molecule has 0 unspecified atom stereocenters. The molecule has 3 heterocycles. The first-order valence-corrected chi connectivity index (χ1v) is 11.4. The summed E-state index contributed by atoms with van der Waals surface area (Å²) in [6.45, 7) is 2.68. The number of imidazole rings is 1. The summed E-state index contributed by atoms with van der Waals surface area (Å²) in [5.74, 6) is 0.524. The average molecular weight is 452 g/mol. The molecular formula is C26H25N7O. The second-order valence-corrected chi connectivity index (χ2v) is 8.15. The van der Waals surface area contributed by atoms with Crippen molar-refractivity contribution in [1.29, 1.82) is 0 Å². The Hall–Kier alpha value is -4.33. The van der Waals surface area contributed by atoms with Crippen LogP contribution in [-0.4, -0.2) is 34.7 Å². The van der Waals surface area contributed by atoms with Crippen LogP contribution in [0.1, 0.15) is 31.0 Å². The molecule has 0 bridgehead atoms. The van der Waals surface area contributed by atoms with Gasteiger partial charge in [-0.3, -0.25) is 14.1 Å². The van der Waals surface area contributed by atoms with Crippen LogP contribution in [0.3, 0.4) is 0 Å². The van der Waals surface area contributed by atoms with E-state index in [1.807, 2.05) is 59.3 Å². The molecule has 0 fully saturated rings. The summed E-state index contributed by atoms with van der Waals surface area (Å²) in [6.07, 6.45) is 8.48. The normalized spacial score (nSPS) is 11.1. The van der Waals surface area contributed by atoms with Crippen LogP contribution in [-0.2, 0) is 13.0 Å². The Morgan fingerprint density at radius 3 is 2.53 bits per heavy atom. The van der Waals surface area contributed by atoms with Gasteiger partial charge in [0.05, 0.1) is 12.2 Å². The molecular weight excluding hydrogens is 426 g/mol. The highest BCUT2D eigenvalue weighted by atomic mass is 16.1. The molecule has 0 atom stereocenters. The van der Waals surface area contributed by atoms with Crippen LogP contribution in [0.25, 0.3) is 28.2 Å². The van der Waals surface area contributed by atoms with Gasteiger partial charge >= 0.3 is 5.69 Å². The molecule has 5 rings (SSSR count). The van der Waals surface area contributed by atoms with Gasteiger partial charge in [0.1, 0.15) is 0 Å². The van der Waals surface area contributed by atoms with Crippen LogP contribution in [0.2, 0.25) is 0 Å². The number of aryl methyl sites for hydroxylation is 1. The molecule has 0 aliphatic carbocycles. The smallest absolute Gasteiger partial charge is 0.292 e. The van der Waals surface area contributed by atoms with Crippen molar-refractivity contribution in [2.75, 3.05) is 0 Å². The minimum absolute atomic E-state index is 0.0203. The molecule has 8 nitrogen and oxygen atoms in total. The van der Waals surface area contributed by atoms with Crippen molar-refractivity contribution < 1.29 is 0 Å². The van der Waals surface area contributed by atoms with Gasteiger partial charge in [0.25, 0.3) is 0 Å². The van der Waals surface area contributed by atoms with E-state index in [0.29, 0.717) is 12.4 Å². The van der Waals surface area contributed by atoms with Gasteiger partial charge in [-0.15, -0.1) is 10.2 Å². The highest BCUT2D eigenvalue weighted by Gasteiger charge is 2.14. The lowest BCUT2D eigenvalue weighted by molar-refractivity contribution is 0.674. The Labute approximate surface area is 196 Å². The van der Waals surface area contributed by atoms with Gasteiger partial charge in [-0.25, -0.2) is 4.79 Å². The third kappa shape index (κ3) is 4.30. The number of aromatic nitrogens is 7. The molecule has 0 aliphatic heterocycles. The van der Waals surface area contributed by atoms with E-state index in [1.165, 1.54) is 0 Å². The Bertz CT molecular complexity index is 1420. The fourth-order valence-electron chi connectivity index (χ4n) is 4.09. The number of nitrogens with one attached hydrogen (secondary N) is 1. The highest BCUT2D eigenvalue weighted by molar-refractivity contribution is 5.79. The largest absolute Gasteiger partial charge is 0.333 e. The minimum Gasteiger partial charge on any atom is -0.292 e. The number of benzene rings is 2. The third-order valence-electron chi connectivity index (χ3n) is 5.90. The number of H-pyrrole nitrogens is 1. The number of hydrogen-bond acceptors (Lipinski definition) is 5. The molecule has 170 valence electrons. The average Bonchev–Trinajstić information content (AvgIpc) is 3.53. The lowest BCUT2D eigenvalue weighted by atomic mass is 10.0. The van der Waals surface area contributed by atoms with Crippen molar-refractivity contribution in [3.05, 3.63) is 101 Å². The lowest BCUT2D eigenvalue weighted by Gasteiger charge is -2.10. The van der Waals surface area contributed by atoms with Gasteiger partial charge in [-0.1, -0.05) is 55.8 Å². The number of aromatic amines is 1. The SMILES string of the molecule is CCCCc1cn(-c2ccccc2)c(=O)n1Cc1ccc(-c2cnccc2-c2nn[nH]n2)cc1. The maximum absolute atomic E-state index is 13.3. The molecule has 1 N–H and O–H groups in total. The molecule has 0 saturated carbocycles. The number of pyridine rings is 1. The summed E-state index contributed by atoms with van der Waals surface area (Å²) in [4.78, 5) is 17.6. The molecule has 5 aromatic rings. The first-order valence-electron chi connectivity index (χ1n) is 11.4. The van der Waals surface area contributed by atoms with Crippen molar-refractivity contribution in [3.63, 3.8) is 0 Å². The Kier molecular flexibility index (Phi) is 6.11. The van der Waals surface area contributed by atoms with Crippen LogP contribution < -0.4 is 5.69 Å². The summed E-state index contributed by atoms with van der Waals surface area (Å²) in [5.41, 5.74) is 5.74. The summed E-state index contributed by atoms with van der Waals surface area (Å²) in [6, 6.07) is 19.8. The van der Waals surface area contributed by atoms with Crippen molar-refractivity contribution in [3.8, 4) is 28.2 Å². The summed E-state index contributed by atoms with van der Waals surface area (Å²) in [7, 11) is 0. The van der Waals surface area contributed by atoms with Gasteiger partial charge < -0.3 is 0 Å². The zero-order valence-corrected chi connectivity index (χ0v) is 18.9. The number of rotatable bonds is 8. The van der Waals surface area contributed by atoms with E-state index in [9.17, 15) is 4.79 Å². The maximum Gasteiger partial charge on any atom is 0.333 e. The molecule has 3 aromatic heterocycles. The van der Waals surface area contributed by atoms with E-state index in [-0.39, 0.29) is 5.69 Å². The minimum atomic E-state index is -0.0203. The molecule has 2 aromatic carbocycles. The number of hydrogen-bond donors (Lipinski definition) is 1. The fourth-order valence-corrected chi connectivity index (χ4v) is 4.09. The first-order chi connectivity index (χ1) is 16.7. The fraction of sp³-hybridized carbons (Fsp3) is 0.192. The van der Waals surface area contributed by atoms with Gasteiger partial charge in [0.15, 0.2) is 0 Å². The van der Waals surface area contributed by atoms with Gasteiger partial charge in [-0.2, -0.15) is 5.21 Å². The zero-order valence-electron chi connectivity index (χ0n) is 18.9. The van der Waals surface area contributed by atoms with Crippen LogP contribution >= 0.6 is 0 Å². The highest BCUT2D eigenvalue weighted by Crippen LogP contribution is 2.29. The first kappa shape index (κ1) is 21.5. The molecule has 0 saturated heterocycles. The number of unbranched alkanes of at least 4 members (excludes halogenated alkanes) is 1. The van der Waals surface area contributed by atoms with Crippen molar-refractivity contribution in [1.82, 2.24) is 34.7 Å². The van der Waals surface area contributed by atoms with Gasteiger partial charge in [-0.05, 0) is 47.4 Å². The van der Waals surface area contributed by atoms with E-state index in [2.05, 4.69) is 44.7 Å². The zero-order chi connectivity index (χ0) is 23.3. The van der Waals surface area contributed by atoms with Crippen LogP contribution in [0.5, 0.6) is 0 Å². The topological polar surface area (TPSA) is 94.3 Å². The van der Waals surface area contributed by atoms with Crippen molar-refractivity contribution in [2.45, 2.75) is 32.7 Å². The molecule has 0 radical (unpaired) electrons. The molecule has 0 aliphatic rings. The second kappa shape index (κ2) is 9.66. The molecule has 0 amide bonds. The van der Waals surface area contributed by atoms with Crippen molar-refractivity contribution in [2.24, 2.45) is 0 Å². The molecule has 34 heavy (non-hydrogen) atoms. The molecule has 8 heteroatoms. The van der Waals surface area contributed by atoms with E-state index in [0.717, 1.165) is 52.9 Å². The summed E-state index contributed by atoms with van der Waals surface area (Å²) in [5, 5.41) is 14.4. The summed E-state index contributed by atoms with van der Waals surface area (Å²) < 4.78 is 3.62. The number of para-hydroxylation sites is 1. The number of tetrazole rings is 1. The van der Waals surface area contributed by atoms with Gasteiger partial charge in [0, 0.05) is 35.4 Å². The third-order valence-corrected chi connectivity index (χ3v) is 5.90. The van der Waals surface area contributed by atoms with Crippen LogP contribution in [0.4, 0.5) is 0 Å². The number of nitrogens with zero attached hydrogens (tertiary/aromatic N) is 6. The van der Waals surface area contributed by atoms with E-state index < -0.39 is 0 Å². The monoisotopic (exact) mass is 451 g/mol. The predicted molar refractivity (Wildman–Crippen MR) is 131 cm³/mol. The lowest BCUT2D eigenvalue weighted by Crippen LogP contribution is -2.24. The standard InChI is InChI=1S/C26H25N7O/c1-2-3-7-22-18-33(21-8-5-4-6-9-21)26(34)32(22)17-19-10-12-20(13-11-19)24-16-27-15-14-23(24)25-28-30-31-29-25/h4-6,8-16,18H,2-3,7,17H2,1H3,(H,28,29,30,31). The van der Waals surface area contributed by atoms with E-state index >= 15 is 0 Å². The van der Waals surface area contributed by atoms with Crippen LogP contribution in [0, 0.1) is 0 Å². The maximum atomic E-state index is 13.3. The summed E-state index contributed by atoms with van der Waals surface area (Å²) >= 11 is 0. The Morgan fingerprint density at radius 1 is 0.971 bits per heavy atom. The van der Waals surface area contributed by atoms with Crippen molar-refractivity contribution >= 4 is 0 Å². The molecule has 0 spiro atoms. The van der Waals surface area contributed by atoms with Crippen LogP contribution in [0.15, 0.2) is 84.0 Å². The Morgan fingerprint density at radius 2 is 1.79 bits per heavy atom. The van der Waals surface area contributed by atoms with E-state index in [4.69, 9.17) is 0 Å².